The largest absolute Gasteiger partial charge is 0.497 e. The third kappa shape index (κ3) is 6.57. The molecule has 0 saturated carbocycles. The molecule has 0 aliphatic carbocycles. The molecule has 0 aliphatic heterocycles. The third-order valence-corrected chi connectivity index (χ3v) is 4.18. The summed E-state index contributed by atoms with van der Waals surface area (Å²) >= 11 is 0. The standard InChI is InChI=1S/C22H27N3O4/c1-14(2)16-6-8-18(9-7-16)23-21(26)10-15(3)24-25-22(27)17-11-19(28-4)13-20(12-17)29-5/h6-14,24H,1-5H3,(H,23,26)(H,25,27). The van der Waals surface area contributed by atoms with E-state index in [0.29, 0.717) is 34.4 Å². The van der Waals surface area contributed by atoms with Gasteiger partial charge in [0, 0.05) is 29.1 Å². The zero-order valence-corrected chi connectivity index (χ0v) is 17.3. The molecule has 0 bridgehead atoms. The minimum atomic E-state index is -0.389. The van der Waals surface area contributed by atoms with Crippen LogP contribution >= 0.6 is 0 Å². The van der Waals surface area contributed by atoms with Gasteiger partial charge in [0.05, 0.1) is 14.2 Å². The smallest absolute Gasteiger partial charge is 0.269 e. The fourth-order valence-corrected chi connectivity index (χ4v) is 2.53. The normalized spacial score (nSPS) is 11.0. The van der Waals surface area contributed by atoms with E-state index in [9.17, 15) is 9.59 Å². The van der Waals surface area contributed by atoms with E-state index < -0.39 is 0 Å². The number of hydrazine groups is 1. The van der Waals surface area contributed by atoms with Crippen molar-refractivity contribution in [2.45, 2.75) is 26.7 Å². The van der Waals surface area contributed by atoms with Crippen molar-refractivity contribution >= 4 is 17.5 Å². The molecule has 0 saturated heterocycles. The van der Waals surface area contributed by atoms with Gasteiger partial charge in [0.15, 0.2) is 0 Å². The van der Waals surface area contributed by atoms with Crippen LogP contribution in [0.4, 0.5) is 5.69 Å². The van der Waals surface area contributed by atoms with Crippen molar-refractivity contribution in [1.82, 2.24) is 10.9 Å². The van der Waals surface area contributed by atoms with E-state index in [4.69, 9.17) is 9.47 Å². The van der Waals surface area contributed by atoms with Crippen molar-refractivity contribution in [2.24, 2.45) is 0 Å². The maximum Gasteiger partial charge on any atom is 0.269 e. The lowest BCUT2D eigenvalue weighted by atomic mass is 10.0. The van der Waals surface area contributed by atoms with Crippen LogP contribution in [0.15, 0.2) is 54.2 Å². The molecule has 154 valence electrons. The molecule has 3 N–H and O–H groups in total. The molecule has 2 rings (SSSR count). The van der Waals surface area contributed by atoms with Crippen LogP contribution in [-0.4, -0.2) is 26.0 Å². The Morgan fingerprint density at radius 3 is 2.03 bits per heavy atom. The number of rotatable bonds is 8. The van der Waals surface area contributed by atoms with Gasteiger partial charge in [-0.15, -0.1) is 0 Å². The van der Waals surface area contributed by atoms with E-state index in [1.54, 1.807) is 25.1 Å². The number of hydrogen-bond acceptors (Lipinski definition) is 5. The number of allylic oxidation sites excluding steroid dienone is 1. The number of carbonyl (C=O) groups is 2. The number of nitrogens with one attached hydrogen (secondary N) is 3. The second-order valence-electron chi connectivity index (χ2n) is 6.77. The van der Waals surface area contributed by atoms with E-state index in [1.807, 2.05) is 24.3 Å². The van der Waals surface area contributed by atoms with Gasteiger partial charge in [-0.2, -0.15) is 0 Å². The first-order chi connectivity index (χ1) is 13.8. The molecule has 0 unspecified atom stereocenters. The molecule has 2 aromatic rings. The molecule has 0 aliphatic rings. The Bertz CT molecular complexity index is 867. The molecule has 0 radical (unpaired) electrons. The fraction of sp³-hybridized carbons (Fsp3) is 0.273. The van der Waals surface area contributed by atoms with Crippen LogP contribution in [0.2, 0.25) is 0 Å². The third-order valence-electron chi connectivity index (χ3n) is 4.18. The summed E-state index contributed by atoms with van der Waals surface area (Å²) in [5.41, 5.74) is 8.00. The van der Waals surface area contributed by atoms with Gasteiger partial charge in [0.1, 0.15) is 11.5 Å². The molecule has 2 aromatic carbocycles. The van der Waals surface area contributed by atoms with Gasteiger partial charge >= 0.3 is 0 Å². The minimum absolute atomic E-state index is 0.301. The Morgan fingerprint density at radius 1 is 0.931 bits per heavy atom. The summed E-state index contributed by atoms with van der Waals surface area (Å²) in [6.07, 6.45) is 1.36. The first kappa shape index (κ1) is 21.8. The summed E-state index contributed by atoms with van der Waals surface area (Å²) in [5, 5.41) is 2.79. The lowest BCUT2D eigenvalue weighted by Crippen LogP contribution is -2.36. The SMILES string of the molecule is COc1cc(OC)cc(C(=O)NNC(C)=CC(=O)Nc2ccc(C(C)C)cc2)c1. The van der Waals surface area contributed by atoms with Gasteiger partial charge in [0.25, 0.3) is 5.91 Å². The number of carbonyl (C=O) groups excluding carboxylic acids is 2. The topological polar surface area (TPSA) is 88.7 Å². The number of ether oxygens (including phenoxy) is 2. The molecular formula is C22H27N3O4. The quantitative estimate of drug-likeness (QED) is 0.468. The van der Waals surface area contributed by atoms with Crippen molar-refractivity contribution in [3.63, 3.8) is 0 Å². The predicted molar refractivity (Wildman–Crippen MR) is 113 cm³/mol. The van der Waals surface area contributed by atoms with E-state index in [0.717, 1.165) is 0 Å². The Hall–Kier alpha value is -3.48. The molecule has 7 heteroatoms. The number of anilines is 1. The summed E-state index contributed by atoms with van der Waals surface area (Å²) in [5.74, 6) is 0.748. The van der Waals surface area contributed by atoms with E-state index in [2.05, 4.69) is 30.0 Å². The summed E-state index contributed by atoms with van der Waals surface area (Å²) in [7, 11) is 3.02. The van der Waals surface area contributed by atoms with Crippen molar-refractivity contribution in [3.05, 3.63) is 65.4 Å². The summed E-state index contributed by atoms with van der Waals surface area (Å²) < 4.78 is 10.3. The predicted octanol–water partition coefficient (Wildman–Crippen LogP) is 3.60. The zero-order chi connectivity index (χ0) is 21.4. The highest BCUT2D eigenvalue weighted by molar-refractivity contribution is 5.99. The number of hydrogen-bond donors (Lipinski definition) is 3. The average molecular weight is 397 g/mol. The molecule has 7 nitrogen and oxygen atoms in total. The van der Waals surface area contributed by atoms with Crippen LogP contribution in [-0.2, 0) is 4.79 Å². The molecular weight excluding hydrogens is 370 g/mol. The molecule has 29 heavy (non-hydrogen) atoms. The monoisotopic (exact) mass is 397 g/mol. The zero-order valence-electron chi connectivity index (χ0n) is 17.3. The van der Waals surface area contributed by atoms with Gasteiger partial charge in [-0.3, -0.25) is 15.0 Å². The van der Waals surface area contributed by atoms with Crippen LogP contribution < -0.4 is 25.6 Å². The molecule has 0 aromatic heterocycles. The number of methoxy groups -OCH3 is 2. The molecule has 0 heterocycles. The van der Waals surface area contributed by atoms with Crippen LogP contribution in [0, 0.1) is 0 Å². The number of benzene rings is 2. The highest BCUT2D eigenvalue weighted by Crippen LogP contribution is 2.22. The highest BCUT2D eigenvalue weighted by Gasteiger charge is 2.10. The second-order valence-corrected chi connectivity index (χ2v) is 6.77. The Kier molecular flexibility index (Phi) is 7.65. The maximum absolute atomic E-state index is 12.3. The van der Waals surface area contributed by atoms with Crippen LogP contribution in [0.5, 0.6) is 11.5 Å². The molecule has 0 fully saturated rings. The number of amides is 2. The lowest BCUT2D eigenvalue weighted by Gasteiger charge is -2.11. The van der Waals surface area contributed by atoms with Crippen molar-refractivity contribution in [2.75, 3.05) is 19.5 Å². The Morgan fingerprint density at radius 2 is 1.52 bits per heavy atom. The summed E-state index contributed by atoms with van der Waals surface area (Å²) in [4.78, 5) is 24.5. The first-order valence-electron chi connectivity index (χ1n) is 9.21. The van der Waals surface area contributed by atoms with E-state index in [1.165, 1.54) is 25.9 Å². The van der Waals surface area contributed by atoms with E-state index >= 15 is 0 Å². The maximum atomic E-state index is 12.3. The fourth-order valence-electron chi connectivity index (χ4n) is 2.53. The minimum Gasteiger partial charge on any atom is -0.497 e. The lowest BCUT2D eigenvalue weighted by molar-refractivity contribution is -0.112. The van der Waals surface area contributed by atoms with Crippen LogP contribution in [0.1, 0.15) is 42.6 Å². The van der Waals surface area contributed by atoms with Crippen molar-refractivity contribution in [3.8, 4) is 11.5 Å². The molecule has 2 amide bonds. The van der Waals surface area contributed by atoms with Gasteiger partial charge in [-0.05, 0) is 42.7 Å². The first-order valence-corrected chi connectivity index (χ1v) is 9.21. The van der Waals surface area contributed by atoms with Crippen molar-refractivity contribution < 1.29 is 19.1 Å². The average Bonchev–Trinajstić information content (AvgIpc) is 2.71. The summed E-state index contributed by atoms with van der Waals surface area (Å²) in [6.45, 7) is 5.90. The second kappa shape index (κ2) is 10.2. The van der Waals surface area contributed by atoms with Crippen LogP contribution in [0.3, 0.4) is 0 Å². The Balaban J connectivity index is 1.93. The van der Waals surface area contributed by atoms with Gasteiger partial charge in [0.2, 0.25) is 5.91 Å². The van der Waals surface area contributed by atoms with Crippen molar-refractivity contribution in [1.29, 1.82) is 0 Å². The summed E-state index contributed by atoms with van der Waals surface area (Å²) in [6, 6.07) is 12.5. The van der Waals surface area contributed by atoms with E-state index in [-0.39, 0.29) is 11.8 Å². The van der Waals surface area contributed by atoms with Crippen LogP contribution in [0.25, 0.3) is 0 Å². The highest BCUT2D eigenvalue weighted by atomic mass is 16.5. The van der Waals surface area contributed by atoms with Gasteiger partial charge in [-0.25, -0.2) is 0 Å². The van der Waals surface area contributed by atoms with Gasteiger partial charge < -0.3 is 20.2 Å². The molecule has 0 spiro atoms. The van der Waals surface area contributed by atoms with Gasteiger partial charge in [-0.1, -0.05) is 26.0 Å². The molecule has 0 atom stereocenters. The Labute approximate surface area is 171 Å².